The van der Waals surface area contributed by atoms with E-state index in [-0.39, 0.29) is 29.7 Å². The van der Waals surface area contributed by atoms with Crippen LogP contribution in [0.25, 0.3) is 0 Å². The molecule has 0 spiro atoms. The Morgan fingerprint density at radius 1 is 1.07 bits per heavy atom. The first-order valence-corrected chi connectivity index (χ1v) is 10.8. The Morgan fingerprint density at radius 2 is 1.75 bits per heavy atom. The number of carbonyl (C=O) groups is 1. The summed E-state index contributed by atoms with van der Waals surface area (Å²) in [5.41, 5.74) is 1.70. The highest BCUT2D eigenvalue weighted by molar-refractivity contribution is 7.89. The van der Waals surface area contributed by atoms with Crippen LogP contribution in [0, 0.1) is 19.7 Å². The largest absolute Gasteiger partial charge is 0.354 e. The third-order valence-corrected chi connectivity index (χ3v) is 6.98. The van der Waals surface area contributed by atoms with Crippen LogP contribution in [0.15, 0.2) is 47.4 Å². The van der Waals surface area contributed by atoms with Gasteiger partial charge in [-0.25, -0.2) is 17.5 Å². The van der Waals surface area contributed by atoms with Crippen molar-refractivity contribution in [3.63, 3.8) is 0 Å². The number of carbonyl (C=O) groups excluding carboxylic acids is 1. The molecule has 2 aromatic carbocycles. The van der Waals surface area contributed by atoms with E-state index in [0.29, 0.717) is 18.4 Å². The van der Waals surface area contributed by atoms with Crippen LogP contribution in [0.4, 0.5) is 4.39 Å². The standard InChI is InChI=1S/C21H25FN2O3S/c1-15-4-5-16(2)19(14-15)28(26,27)24-13-12-23-20(25)21(10-3-11-21)17-6-8-18(22)9-7-17/h4-9,14,24H,3,10-13H2,1-2H3,(H,23,25). The maximum absolute atomic E-state index is 13.2. The van der Waals surface area contributed by atoms with Gasteiger partial charge in [-0.05, 0) is 61.6 Å². The van der Waals surface area contributed by atoms with Crippen LogP contribution < -0.4 is 10.0 Å². The summed E-state index contributed by atoms with van der Waals surface area (Å²) < 4.78 is 40.7. The molecule has 2 aromatic rings. The number of hydrogen-bond donors (Lipinski definition) is 2. The molecule has 0 aliphatic heterocycles. The summed E-state index contributed by atoms with van der Waals surface area (Å²) in [7, 11) is -3.64. The molecule has 0 heterocycles. The lowest BCUT2D eigenvalue weighted by molar-refractivity contribution is -0.129. The van der Waals surface area contributed by atoms with E-state index in [1.165, 1.54) is 12.1 Å². The van der Waals surface area contributed by atoms with Crippen molar-refractivity contribution in [3.8, 4) is 0 Å². The molecule has 1 fully saturated rings. The van der Waals surface area contributed by atoms with Crippen molar-refractivity contribution in [2.45, 2.75) is 43.4 Å². The van der Waals surface area contributed by atoms with Crippen LogP contribution in [-0.4, -0.2) is 27.4 Å². The Kier molecular flexibility index (Phi) is 5.86. The molecule has 0 saturated heterocycles. The highest BCUT2D eigenvalue weighted by atomic mass is 32.2. The molecule has 150 valence electrons. The van der Waals surface area contributed by atoms with Gasteiger partial charge in [0.25, 0.3) is 0 Å². The average Bonchev–Trinajstić information content (AvgIpc) is 2.61. The zero-order valence-corrected chi connectivity index (χ0v) is 16.9. The summed E-state index contributed by atoms with van der Waals surface area (Å²) in [4.78, 5) is 13.0. The summed E-state index contributed by atoms with van der Waals surface area (Å²) in [6, 6.07) is 11.3. The summed E-state index contributed by atoms with van der Waals surface area (Å²) in [6.45, 7) is 3.87. The lowest BCUT2D eigenvalue weighted by Gasteiger charge is -2.40. The molecule has 0 atom stereocenters. The molecular formula is C21H25FN2O3S. The smallest absolute Gasteiger partial charge is 0.240 e. The fraction of sp³-hybridized carbons (Fsp3) is 0.381. The summed E-state index contributed by atoms with van der Waals surface area (Å²) in [5.74, 6) is -0.476. The molecule has 0 unspecified atom stereocenters. The molecule has 2 N–H and O–H groups in total. The molecule has 1 amide bonds. The quantitative estimate of drug-likeness (QED) is 0.697. The van der Waals surface area contributed by atoms with Gasteiger partial charge >= 0.3 is 0 Å². The SMILES string of the molecule is Cc1ccc(C)c(S(=O)(=O)NCCNC(=O)C2(c3ccc(F)cc3)CCC2)c1. The van der Waals surface area contributed by atoms with Crippen LogP contribution in [0.2, 0.25) is 0 Å². The normalized spacial score (nSPS) is 15.7. The predicted molar refractivity (Wildman–Crippen MR) is 106 cm³/mol. The molecule has 1 aliphatic rings. The van der Waals surface area contributed by atoms with Gasteiger partial charge in [0.05, 0.1) is 10.3 Å². The Hall–Kier alpha value is -2.25. The van der Waals surface area contributed by atoms with Gasteiger partial charge in [-0.15, -0.1) is 0 Å². The summed E-state index contributed by atoms with van der Waals surface area (Å²) in [6.07, 6.45) is 2.35. The predicted octanol–water partition coefficient (Wildman–Crippen LogP) is 2.96. The fourth-order valence-electron chi connectivity index (χ4n) is 3.55. The van der Waals surface area contributed by atoms with Crippen LogP contribution >= 0.6 is 0 Å². The number of rotatable bonds is 7. The Labute approximate surface area is 165 Å². The summed E-state index contributed by atoms with van der Waals surface area (Å²) in [5, 5.41) is 2.83. The second kappa shape index (κ2) is 8.01. The second-order valence-electron chi connectivity index (χ2n) is 7.37. The van der Waals surface area contributed by atoms with Crippen LogP contribution in [0.5, 0.6) is 0 Å². The third kappa shape index (κ3) is 4.10. The monoisotopic (exact) mass is 404 g/mol. The first kappa shape index (κ1) is 20.5. The number of amides is 1. The molecule has 0 radical (unpaired) electrons. The highest BCUT2D eigenvalue weighted by Crippen LogP contribution is 2.43. The van der Waals surface area contributed by atoms with Crippen molar-refractivity contribution >= 4 is 15.9 Å². The minimum atomic E-state index is -3.64. The Balaban J connectivity index is 1.59. The van der Waals surface area contributed by atoms with E-state index < -0.39 is 15.4 Å². The van der Waals surface area contributed by atoms with Gasteiger partial charge in [-0.3, -0.25) is 4.79 Å². The number of nitrogens with one attached hydrogen (secondary N) is 2. The van der Waals surface area contributed by atoms with E-state index in [0.717, 1.165) is 17.5 Å². The zero-order chi connectivity index (χ0) is 20.4. The maximum Gasteiger partial charge on any atom is 0.240 e. The van der Waals surface area contributed by atoms with Gasteiger partial charge in [-0.1, -0.05) is 30.7 Å². The van der Waals surface area contributed by atoms with Crippen LogP contribution in [-0.2, 0) is 20.2 Å². The van der Waals surface area contributed by atoms with Crippen molar-refractivity contribution in [1.29, 1.82) is 0 Å². The van der Waals surface area contributed by atoms with Crippen molar-refractivity contribution in [3.05, 3.63) is 65.0 Å². The minimum Gasteiger partial charge on any atom is -0.354 e. The molecule has 0 bridgehead atoms. The highest BCUT2D eigenvalue weighted by Gasteiger charge is 2.45. The first-order chi connectivity index (χ1) is 13.2. The van der Waals surface area contributed by atoms with E-state index in [2.05, 4.69) is 10.0 Å². The number of sulfonamides is 1. The van der Waals surface area contributed by atoms with Gasteiger partial charge in [0.2, 0.25) is 15.9 Å². The average molecular weight is 405 g/mol. The second-order valence-corrected chi connectivity index (χ2v) is 9.10. The lowest BCUT2D eigenvalue weighted by atomic mass is 9.64. The zero-order valence-electron chi connectivity index (χ0n) is 16.1. The molecule has 3 rings (SSSR count). The molecule has 7 heteroatoms. The number of hydrogen-bond acceptors (Lipinski definition) is 3. The van der Waals surface area contributed by atoms with Crippen LogP contribution in [0.1, 0.15) is 36.0 Å². The number of benzene rings is 2. The lowest BCUT2D eigenvalue weighted by Crippen LogP contribution is -2.50. The van der Waals surface area contributed by atoms with Gasteiger partial charge in [0.1, 0.15) is 5.82 Å². The number of halogens is 1. The van der Waals surface area contributed by atoms with E-state index in [9.17, 15) is 17.6 Å². The van der Waals surface area contributed by atoms with Gasteiger partial charge in [0.15, 0.2) is 0 Å². The van der Waals surface area contributed by atoms with Crippen molar-refractivity contribution < 1.29 is 17.6 Å². The van der Waals surface area contributed by atoms with E-state index in [1.54, 1.807) is 31.2 Å². The number of aryl methyl sites for hydroxylation is 2. The first-order valence-electron chi connectivity index (χ1n) is 9.36. The summed E-state index contributed by atoms with van der Waals surface area (Å²) >= 11 is 0. The van der Waals surface area contributed by atoms with Gasteiger partial charge < -0.3 is 5.32 Å². The van der Waals surface area contributed by atoms with Crippen molar-refractivity contribution in [1.82, 2.24) is 10.0 Å². The molecular weight excluding hydrogens is 379 g/mol. The Morgan fingerprint density at radius 3 is 2.36 bits per heavy atom. The minimum absolute atomic E-state index is 0.0982. The van der Waals surface area contributed by atoms with Gasteiger partial charge in [-0.2, -0.15) is 0 Å². The van der Waals surface area contributed by atoms with Gasteiger partial charge in [0, 0.05) is 13.1 Å². The van der Waals surface area contributed by atoms with E-state index in [4.69, 9.17) is 0 Å². The fourth-order valence-corrected chi connectivity index (χ4v) is 4.91. The van der Waals surface area contributed by atoms with Crippen LogP contribution in [0.3, 0.4) is 0 Å². The molecule has 1 aliphatic carbocycles. The topological polar surface area (TPSA) is 75.3 Å². The molecule has 5 nitrogen and oxygen atoms in total. The molecule has 28 heavy (non-hydrogen) atoms. The molecule has 1 saturated carbocycles. The third-order valence-electron chi connectivity index (χ3n) is 5.37. The van der Waals surface area contributed by atoms with E-state index in [1.807, 2.05) is 13.0 Å². The maximum atomic E-state index is 13.2. The van der Waals surface area contributed by atoms with E-state index >= 15 is 0 Å². The molecule has 0 aromatic heterocycles. The van der Waals surface area contributed by atoms with Crippen molar-refractivity contribution in [2.75, 3.05) is 13.1 Å². The van der Waals surface area contributed by atoms with Crippen molar-refractivity contribution in [2.24, 2.45) is 0 Å². The Bertz CT molecular complexity index is 968.